The molecule has 7 heteroatoms. The van der Waals surface area contributed by atoms with Crippen LogP contribution in [0.5, 0.6) is 0 Å². The lowest BCUT2D eigenvalue weighted by Crippen LogP contribution is -2.36. The van der Waals surface area contributed by atoms with E-state index in [9.17, 15) is 14.0 Å². The zero-order chi connectivity index (χ0) is 16.9. The Hall–Kier alpha value is -2.28. The normalized spacial score (nSPS) is 16.4. The van der Waals surface area contributed by atoms with E-state index in [1.54, 1.807) is 24.1 Å². The number of rotatable bonds is 6. The van der Waals surface area contributed by atoms with Crippen molar-refractivity contribution in [3.8, 4) is 0 Å². The number of furan rings is 1. The minimum atomic E-state index is -0.579. The average molecular weight is 348 g/mol. The highest BCUT2D eigenvalue weighted by Crippen LogP contribution is 2.32. The van der Waals surface area contributed by atoms with Gasteiger partial charge in [-0.3, -0.25) is 9.59 Å². The molecule has 1 atom stereocenters. The van der Waals surface area contributed by atoms with Crippen molar-refractivity contribution < 1.29 is 18.4 Å². The standard InChI is InChI=1S/C17H17FN2O3S/c18-11-3-4-13-14(9-16(21)20-15(13)8-11)17(22)19-5-7-24-10-12-2-1-6-23-12/h1-4,6,8,14H,5,7,9-10H2,(H,19,22)(H,20,21). The van der Waals surface area contributed by atoms with E-state index in [2.05, 4.69) is 10.6 Å². The summed E-state index contributed by atoms with van der Waals surface area (Å²) in [6.45, 7) is 0.499. The largest absolute Gasteiger partial charge is 0.468 e. The number of thioether (sulfide) groups is 1. The summed E-state index contributed by atoms with van der Waals surface area (Å²) >= 11 is 1.65. The second-order valence-corrected chi connectivity index (χ2v) is 6.56. The molecular formula is C17H17FN2O3S. The molecule has 1 unspecified atom stereocenters. The van der Waals surface area contributed by atoms with E-state index < -0.39 is 11.7 Å². The van der Waals surface area contributed by atoms with Gasteiger partial charge in [0.25, 0.3) is 0 Å². The van der Waals surface area contributed by atoms with E-state index in [-0.39, 0.29) is 18.2 Å². The maximum absolute atomic E-state index is 13.3. The van der Waals surface area contributed by atoms with Crippen molar-refractivity contribution >= 4 is 29.3 Å². The molecule has 24 heavy (non-hydrogen) atoms. The molecule has 2 aromatic rings. The number of anilines is 1. The minimum Gasteiger partial charge on any atom is -0.468 e. The van der Waals surface area contributed by atoms with Gasteiger partial charge in [0.1, 0.15) is 11.6 Å². The van der Waals surface area contributed by atoms with Crippen LogP contribution in [0, 0.1) is 5.82 Å². The van der Waals surface area contributed by atoms with Crippen molar-refractivity contribution in [1.82, 2.24) is 5.32 Å². The molecule has 126 valence electrons. The Bertz CT molecular complexity index is 733. The topological polar surface area (TPSA) is 71.3 Å². The highest BCUT2D eigenvalue weighted by molar-refractivity contribution is 7.98. The second kappa shape index (κ2) is 7.53. The number of amides is 2. The summed E-state index contributed by atoms with van der Waals surface area (Å²) in [6, 6.07) is 7.84. The van der Waals surface area contributed by atoms with Crippen molar-refractivity contribution in [3.05, 3.63) is 53.7 Å². The number of fused-ring (bicyclic) bond motifs is 1. The Labute approximate surface area is 143 Å². The summed E-state index contributed by atoms with van der Waals surface area (Å²) in [7, 11) is 0. The van der Waals surface area contributed by atoms with Gasteiger partial charge in [0.05, 0.1) is 17.9 Å². The molecule has 0 radical (unpaired) electrons. The Morgan fingerprint density at radius 3 is 3.08 bits per heavy atom. The van der Waals surface area contributed by atoms with Gasteiger partial charge in [-0.2, -0.15) is 11.8 Å². The van der Waals surface area contributed by atoms with E-state index in [1.165, 1.54) is 12.1 Å². The highest BCUT2D eigenvalue weighted by Gasteiger charge is 2.30. The molecule has 0 saturated heterocycles. The summed E-state index contributed by atoms with van der Waals surface area (Å²) in [5.74, 6) is 0.871. The highest BCUT2D eigenvalue weighted by atomic mass is 32.2. The maximum Gasteiger partial charge on any atom is 0.228 e. The van der Waals surface area contributed by atoms with Gasteiger partial charge in [0, 0.05) is 24.4 Å². The lowest BCUT2D eigenvalue weighted by molar-refractivity contribution is -0.126. The van der Waals surface area contributed by atoms with Crippen LogP contribution in [0.4, 0.5) is 10.1 Å². The number of halogens is 1. The molecule has 1 aromatic heterocycles. The molecule has 2 N–H and O–H groups in total. The van der Waals surface area contributed by atoms with Crippen LogP contribution < -0.4 is 10.6 Å². The number of carbonyl (C=O) groups is 2. The fraction of sp³-hybridized carbons (Fsp3) is 0.294. The maximum atomic E-state index is 13.3. The molecular weight excluding hydrogens is 331 g/mol. The molecule has 5 nitrogen and oxygen atoms in total. The SMILES string of the molecule is O=C1CC(C(=O)NCCSCc2ccco2)c2ccc(F)cc2N1. The lowest BCUT2D eigenvalue weighted by atomic mass is 9.90. The third-order valence-corrected chi connectivity index (χ3v) is 4.72. The Morgan fingerprint density at radius 2 is 2.29 bits per heavy atom. The van der Waals surface area contributed by atoms with Gasteiger partial charge in [-0.15, -0.1) is 0 Å². The summed E-state index contributed by atoms with van der Waals surface area (Å²) in [6.07, 6.45) is 1.70. The monoisotopic (exact) mass is 348 g/mol. The molecule has 1 aromatic carbocycles. The van der Waals surface area contributed by atoms with Gasteiger partial charge in [-0.05, 0) is 29.8 Å². The van der Waals surface area contributed by atoms with Gasteiger partial charge in [-0.1, -0.05) is 6.07 Å². The predicted octanol–water partition coefficient (Wildman–Crippen LogP) is 2.89. The van der Waals surface area contributed by atoms with Crippen LogP contribution in [-0.4, -0.2) is 24.1 Å². The molecule has 3 rings (SSSR count). The van der Waals surface area contributed by atoms with E-state index in [1.807, 2.05) is 12.1 Å². The van der Waals surface area contributed by atoms with Gasteiger partial charge in [0.2, 0.25) is 11.8 Å². The Balaban J connectivity index is 1.52. The summed E-state index contributed by atoms with van der Waals surface area (Å²) in [4.78, 5) is 24.1. The van der Waals surface area contributed by atoms with Crippen molar-refractivity contribution in [2.24, 2.45) is 0 Å². The molecule has 2 heterocycles. The molecule has 1 aliphatic heterocycles. The number of hydrogen-bond donors (Lipinski definition) is 2. The fourth-order valence-corrected chi connectivity index (χ4v) is 3.36. The average Bonchev–Trinajstić information content (AvgIpc) is 3.06. The molecule has 1 aliphatic rings. The van der Waals surface area contributed by atoms with Gasteiger partial charge in [0.15, 0.2) is 0 Å². The molecule has 0 spiro atoms. The predicted molar refractivity (Wildman–Crippen MR) is 90.3 cm³/mol. The van der Waals surface area contributed by atoms with E-state index >= 15 is 0 Å². The lowest BCUT2D eigenvalue weighted by Gasteiger charge is -2.24. The Kier molecular flexibility index (Phi) is 5.20. The van der Waals surface area contributed by atoms with Crippen LogP contribution in [0.15, 0.2) is 41.0 Å². The molecule has 0 fully saturated rings. The third-order valence-electron chi connectivity index (χ3n) is 3.74. The van der Waals surface area contributed by atoms with Crippen molar-refractivity contribution in [2.45, 2.75) is 18.1 Å². The summed E-state index contributed by atoms with van der Waals surface area (Å²) in [5, 5.41) is 5.45. The first-order valence-electron chi connectivity index (χ1n) is 7.60. The van der Waals surface area contributed by atoms with E-state index in [0.29, 0.717) is 17.8 Å². The molecule has 0 aliphatic carbocycles. The van der Waals surface area contributed by atoms with Crippen LogP contribution >= 0.6 is 11.8 Å². The first-order chi connectivity index (χ1) is 11.6. The third kappa shape index (κ3) is 3.97. The fourth-order valence-electron chi connectivity index (χ4n) is 2.61. The number of nitrogens with one attached hydrogen (secondary N) is 2. The quantitative estimate of drug-likeness (QED) is 0.788. The zero-order valence-corrected chi connectivity index (χ0v) is 13.7. The van der Waals surface area contributed by atoms with Crippen molar-refractivity contribution in [2.75, 3.05) is 17.6 Å². The van der Waals surface area contributed by atoms with E-state index in [0.717, 1.165) is 17.3 Å². The van der Waals surface area contributed by atoms with Crippen LogP contribution in [0.25, 0.3) is 0 Å². The first kappa shape index (κ1) is 16.6. The zero-order valence-electron chi connectivity index (χ0n) is 12.9. The van der Waals surface area contributed by atoms with Crippen LogP contribution in [-0.2, 0) is 15.3 Å². The first-order valence-corrected chi connectivity index (χ1v) is 8.76. The van der Waals surface area contributed by atoms with Crippen LogP contribution in [0.1, 0.15) is 23.7 Å². The van der Waals surface area contributed by atoms with E-state index in [4.69, 9.17) is 4.42 Å². The van der Waals surface area contributed by atoms with Gasteiger partial charge < -0.3 is 15.1 Å². The van der Waals surface area contributed by atoms with Gasteiger partial charge >= 0.3 is 0 Å². The molecule has 2 amide bonds. The van der Waals surface area contributed by atoms with Gasteiger partial charge in [-0.25, -0.2) is 4.39 Å². The minimum absolute atomic E-state index is 0.0734. The molecule has 0 bridgehead atoms. The molecule has 0 saturated carbocycles. The number of hydrogen-bond acceptors (Lipinski definition) is 4. The number of benzene rings is 1. The second-order valence-electron chi connectivity index (χ2n) is 5.46. The summed E-state index contributed by atoms with van der Waals surface area (Å²) < 4.78 is 18.5. The smallest absolute Gasteiger partial charge is 0.228 e. The summed E-state index contributed by atoms with van der Waals surface area (Å²) in [5.41, 5.74) is 1.02. The number of carbonyl (C=O) groups excluding carboxylic acids is 2. The van der Waals surface area contributed by atoms with Crippen molar-refractivity contribution in [3.63, 3.8) is 0 Å². The van der Waals surface area contributed by atoms with Crippen LogP contribution in [0.3, 0.4) is 0 Å². The van der Waals surface area contributed by atoms with Crippen LogP contribution in [0.2, 0.25) is 0 Å². The Morgan fingerprint density at radius 1 is 1.42 bits per heavy atom. The van der Waals surface area contributed by atoms with Crippen molar-refractivity contribution in [1.29, 1.82) is 0 Å².